The highest BCUT2D eigenvalue weighted by Crippen LogP contribution is 2.41. The molecule has 1 saturated carbocycles. The van der Waals surface area contributed by atoms with E-state index in [1.54, 1.807) is 18.2 Å². The molecule has 1 aliphatic rings. The molecule has 1 aromatic heterocycles. The van der Waals surface area contributed by atoms with Gasteiger partial charge in [-0.1, -0.05) is 17.7 Å². The molecule has 6 heteroatoms. The Morgan fingerprint density at radius 1 is 1.17 bits per heavy atom. The first-order valence-electron chi connectivity index (χ1n) is 10.0. The van der Waals surface area contributed by atoms with Gasteiger partial charge in [-0.25, -0.2) is 4.79 Å². The van der Waals surface area contributed by atoms with Crippen molar-refractivity contribution >= 4 is 29.2 Å². The summed E-state index contributed by atoms with van der Waals surface area (Å²) in [5.74, 6) is -0.674. The summed E-state index contributed by atoms with van der Waals surface area (Å²) in [7, 11) is 0. The number of carboxylic acids is 1. The average molecular weight is 436 g/mol. The lowest BCUT2D eigenvalue weighted by molar-refractivity contribution is 0.0697. The maximum Gasteiger partial charge on any atom is 0.337 e. The van der Waals surface area contributed by atoms with E-state index in [4.69, 9.17) is 28.3 Å². The van der Waals surface area contributed by atoms with Crippen LogP contribution in [0.3, 0.4) is 0 Å². The zero-order valence-corrected chi connectivity index (χ0v) is 18.2. The molecule has 0 aliphatic heterocycles. The number of aromatic carboxylic acids is 1. The number of aliphatic hydroxyl groups is 1. The molecule has 3 rings (SSSR count). The van der Waals surface area contributed by atoms with Crippen molar-refractivity contribution < 1.29 is 15.0 Å². The summed E-state index contributed by atoms with van der Waals surface area (Å²) < 4.78 is 0. The van der Waals surface area contributed by atoms with Gasteiger partial charge in [0.15, 0.2) is 0 Å². The SMILES string of the molecule is Cc1cncc(CCC2C(Cl)CC(O)[C@@H]2CCc2ccc(C(=O)O)c(Cl)c2)c1C. The zero-order valence-electron chi connectivity index (χ0n) is 16.7. The molecule has 29 heavy (non-hydrogen) atoms. The van der Waals surface area contributed by atoms with Gasteiger partial charge in [0, 0.05) is 17.8 Å². The number of benzene rings is 1. The second kappa shape index (κ2) is 9.46. The number of rotatable bonds is 7. The summed E-state index contributed by atoms with van der Waals surface area (Å²) in [5, 5.41) is 19.9. The Balaban J connectivity index is 1.66. The van der Waals surface area contributed by atoms with Gasteiger partial charge in [-0.2, -0.15) is 0 Å². The van der Waals surface area contributed by atoms with E-state index in [2.05, 4.69) is 18.8 Å². The summed E-state index contributed by atoms with van der Waals surface area (Å²) >= 11 is 12.7. The van der Waals surface area contributed by atoms with E-state index in [-0.39, 0.29) is 27.8 Å². The smallest absolute Gasteiger partial charge is 0.337 e. The Morgan fingerprint density at radius 2 is 1.90 bits per heavy atom. The lowest BCUT2D eigenvalue weighted by atomic mass is 9.84. The molecule has 1 aliphatic carbocycles. The highest BCUT2D eigenvalue weighted by atomic mass is 35.5. The maximum absolute atomic E-state index is 11.1. The van der Waals surface area contributed by atoms with E-state index < -0.39 is 12.1 Å². The van der Waals surface area contributed by atoms with Gasteiger partial charge in [-0.05, 0) is 92.2 Å². The first kappa shape index (κ1) is 22.1. The van der Waals surface area contributed by atoms with Crippen molar-refractivity contribution in [2.24, 2.45) is 11.8 Å². The van der Waals surface area contributed by atoms with Crippen molar-refractivity contribution in [2.45, 2.75) is 57.4 Å². The minimum Gasteiger partial charge on any atom is -0.478 e. The topological polar surface area (TPSA) is 70.4 Å². The molecule has 0 radical (unpaired) electrons. The minimum absolute atomic E-state index is 0.0361. The monoisotopic (exact) mass is 435 g/mol. The summed E-state index contributed by atoms with van der Waals surface area (Å²) in [6.45, 7) is 4.19. The number of nitrogens with zero attached hydrogens (tertiary/aromatic N) is 1. The fraction of sp³-hybridized carbons (Fsp3) is 0.478. The highest BCUT2D eigenvalue weighted by Gasteiger charge is 2.40. The Kier molecular flexibility index (Phi) is 7.20. The number of halogens is 2. The summed E-state index contributed by atoms with van der Waals surface area (Å²) in [4.78, 5) is 15.4. The fourth-order valence-corrected chi connectivity index (χ4v) is 5.20. The van der Waals surface area contributed by atoms with Crippen LogP contribution in [0.5, 0.6) is 0 Å². The van der Waals surface area contributed by atoms with Gasteiger partial charge in [0.2, 0.25) is 0 Å². The van der Waals surface area contributed by atoms with Crippen LogP contribution in [0.1, 0.15) is 51.9 Å². The molecular weight excluding hydrogens is 409 g/mol. The van der Waals surface area contributed by atoms with E-state index >= 15 is 0 Å². The van der Waals surface area contributed by atoms with Crippen LogP contribution < -0.4 is 0 Å². The fourth-order valence-electron chi connectivity index (χ4n) is 4.42. The molecule has 2 aromatic rings. The van der Waals surface area contributed by atoms with E-state index in [1.165, 1.54) is 16.7 Å². The minimum atomic E-state index is -1.03. The molecule has 3 unspecified atom stereocenters. The molecule has 0 spiro atoms. The predicted octanol–water partition coefficient (Wildman–Crippen LogP) is 5.22. The first-order valence-corrected chi connectivity index (χ1v) is 10.8. The van der Waals surface area contributed by atoms with Crippen LogP contribution in [0.15, 0.2) is 30.6 Å². The number of aromatic nitrogens is 1. The number of hydrogen-bond donors (Lipinski definition) is 2. The van der Waals surface area contributed by atoms with Gasteiger partial charge in [0.25, 0.3) is 0 Å². The van der Waals surface area contributed by atoms with Gasteiger partial charge in [0.05, 0.1) is 16.7 Å². The van der Waals surface area contributed by atoms with Crippen molar-refractivity contribution in [3.05, 3.63) is 63.4 Å². The van der Waals surface area contributed by atoms with Crippen molar-refractivity contribution in [3.8, 4) is 0 Å². The largest absolute Gasteiger partial charge is 0.478 e. The number of carbonyl (C=O) groups is 1. The molecule has 1 heterocycles. The van der Waals surface area contributed by atoms with Crippen LogP contribution in [-0.2, 0) is 12.8 Å². The van der Waals surface area contributed by atoms with E-state index in [9.17, 15) is 9.90 Å². The molecule has 0 saturated heterocycles. The third-order valence-corrected chi connectivity index (χ3v) is 7.14. The molecule has 1 aromatic carbocycles. The standard InChI is InChI=1S/C23H27Cl2NO3/c1-13-11-26-12-16(14(13)2)5-8-17-18(22(27)10-21(17)25)6-3-15-4-7-19(23(28)29)20(24)9-15/h4,7,9,11-12,17-18,21-22,27H,3,5-6,8,10H2,1-2H3,(H,28,29)/t17?,18-,21?,22?/m1/s1. The van der Waals surface area contributed by atoms with Crippen molar-refractivity contribution in [2.75, 3.05) is 0 Å². The Labute approximate surface area is 181 Å². The third kappa shape index (κ3) is 5.11. The molecule has 0 bridgehead atoms. The van der Waals surface area contributed by atoms with Gasteiger partial charge >= 0.3 is 5.97 Å². The van der Waals surface area contributed by atoms with Crippen LogP contribution >= 0.6 is 23.2 Å². The number of hydrogen-bond acceptors (Lipinski definition) is 3. The van der Waals surface area contributed by atoms with Crippen LogP contribution in [0.25, 0.3) is 0 Å². The number of carboxylic acid groups (broad SMARTS) is 1. The lowest BCUT2D eigenvalue weighted by Gasteiger charge is -2.24. The second-order valence-corrected chi connectivity index (χ2v) is 9.05. The van der Waals surface area contributed by atoms with Crippen molar-refractivity contribution in [1.82, 2.24) is 4.98 Å². The zero-order chi connectivity index (χ0) is 21.1. The van der Waals surface area contributed by atoms with E-state index in [1.807, 2.05) is 12.4 Å². The Bertz CT molecular complexity index is 886. The van der Waals surface area contributed by atoms with Gasteiger partial charge in [-0.3, -0.25) is 4.98 Å². The first-order chi connectivity index (χ1) is 13.8. The molecule has 4 nitrogen and oxygen atoms in total. The van der Waals surface area contributed by atoms with Crippen molar-refractivity contribution in [3.63, 3.8) is 0 Å². The quantitative estimate of drug-likeness (QED) is 0.584. The third-order valence-electron chi connectivity index (χ3n) is 6.32. The van der Waals surface area contributed by atoms with Crippen LogP contribution in [0.4, 0.5) is 0 Å². The number of aliphatic hydroxyl groups excluding tert-OH is 1. The number of alkyl halides is 1. The van der Waals surface area contributed by atoms with Crippen molar-refractivity contribution in [1.29, 1.82) is 0 Å². The summed E-state index contributed by atoms with van der Waals surface area (Å²) in [6.07, 6.45) is 7.35. The van der Waals surface area contributed by atoms with Crippen LogP contribution in [-0.4, -0.2) is 32.6 Å². The average Bonchev–Trinajstić information content (AvgIpc) is 2.93. The molecule has 2 N–H and O–H groups in total. The summed E-state index contributed by atoms with van der Waals surface area (Å²) in [5.41, 5.74) is 4.79. The second-order valence-electron chi connectivity index (χ2n) is 8.08. The van der Waals surface area contributed by atoms with Gasteiger partial charge in [-0.15, -0.1) is 11.6 Å². The predicted molar refractivity (Wildman–Crippen MR) is 116 cm³/mol. The normalized spacial score (nSPS) is 24.0. The van der Waals surface area contributed by atoms with E-state index in [0.717, 1.165) is 31.2 Å². The molecule has 4 atom stereocenters. The van der Waals surface area contributed by atoms with E-state index in [0.29, 0.717) is 6.42 Å². The molecule has 156 valence electrons. The lowest BCUT2D eigenvalue weighted by Crippen LogP contribution is -2.22. The highest BCUT2D eigenvalue weighted by molar-refractivity contribution is 6.33. The molecule has 1 fully saturated rings. The van der Waals surface area contributed by atoms with Crippen LogP contribution in [0, 0.1) is 25.7 Å². The number of pyridine rings is 1. The maximum atomic E-state index is 11.1. The summed E-state index contributed by atoms with van der Waals surface area (Å²) in [6, 6.07) is 5.05. The van der Waals surface area contributed by atoms with Gasteiger partial charge < -0.3 is 10.2 Å². The van der Waals surface area contributed by atoms with Gasteiger partial charge in [0.1, 0.15) is 0 Å². The van der Waals surface area contributed by atoms with Crippen LogP contribution in [0.2, 0.25) is 5.02 Å². The molecule has 0 amide bonds. The number of aryl methyl sites for hydroxylation is 3. The molecular formula is C23H27Cl2NO3. The Hall–Kier alpha value is -1.62. The Morgan fingerprint density at radius 3 is 2.59 bits per heavy atom.